The van der Waals surface area contributed by atoms with Crippen molar-refractivity contribution in [3.05, 3.63) is 0 Å². The summed E-state index contributed by atoms with van der Waals surface area (Å²) in [5, 5.41) is 3.21. The number of nitrogens with one attached hydrogen (secondary N) is 1. The van der Waals surface area contributed by atoms with Crippen LogP contribution in [0, 0.1) is 0 Å². The third kappa shape index (κ3) is 6.40. The van der Waals surface area contributed by atoms with E-state index in [0.717, 1.165) is 0 Å². The van der Waals surface area contributed by atoms with E-state index in [0.29, 0.717) is 26.2 Å². The molecule has 0 bridgehead atoms. The largest absolute Gasteiger partial charge is 0.444 e. The van der Waals surface area contributed by atoms with Crippen molar-refractivity contribution in [3.63, 3.8) is 0 Å². The average Bonchev–Trinajstić information content (AvgIpc) is 2.16. The molecule has 19 heavy (non-hydrogen) atoms. The number of amides is 2. The molecule has 1 aliphatic heterocycles. The lowest BCUT2D eigenvalue weighted by molar-refractivity contribution is -0.122. The normalized spacial score (nSPS) is 16.1. The highest BCUT2D eigenvalue weighted by atomic mass is 16.6. The standard InChI is InChI=1S/C12H23N3O4/c1-12(2,3)19-11(17)15-6-9(7-15)14-4-5-18-8-10(13)16/h9,14H,4-8H2,1-3H3,(H2,13,16). The van der Waals surface area contributed by atoms with E-state index in [1.807, 2.05) is 20.8 Å². The molecule has 0 aromatic carbocycles. The molecule has 1 aliphatic rings. The molecule has 110 valence electrons. The van der Waals surface area contributed by atoms with Crippen LogP contribution in [-0.2, 0) is 14.3 Å². The van der Waals surface area contributed by atoms with E-state index in [4.69, 9.17) is 15.2 Å². The minimum Gasteiger partial charge on any atom is -0.444 e. The fraction of sp³-hybridized carbons (Fsp3) is 0.833. The van der Waals surface area contributed by atoms with Gasteiger partial charge in [-0.05, 0) is 20.8 Å². The third-order valence-corrected chi connectivity index (χ3v) is 2.46. The number of ether oxygens (including phenoxy) is 2. The topological polar surface area (TPSA) is 93.9 Å². The quantitative estimate of drug-likeness (QED) is 0.648. The zero-order valence-corrected chi connectivity index (χ0v) is 11.8. The molecule has 0 unspecified atom stereocenters. The van der Waals surface area contributed by atoms with Gasteiger partial charge in [0.25, 0.3) is 0 Å². The van der Waals surface area contributed by atoms with Gasteiger partial charge >= 0.3 is 6.09 Å². The summed E-state index contributed by atoms with van der Waals surface area (Å²) in [5.41, 5.74) is 4.47. The van der Waals surface area contributed by atoms with Crippen LogP contribution in [0.4, 0.5) is 4.79 Å². The van der Waals surface area contributed by atoms with E-state index in [1.54, 1.807) is 4.90 Å². The molecular formula is C12H23N3O4. The third-order valence-electron chi connectivity index (χ3n) is 2.46. The van der Waals surface area contributed by atoms with Crippen LogP contribution in [0.2, 0.25) is 0 Å². The molecule has 0 atom stereocenters. The van der Waals surface area contributed by atoms with Crippen molar-refractivity contribution >= 4 is 12.0 Å². The number of nitrogens with two attached hydrogens (primary N) is 1. The van der Waals surface area contributed by atoms with Gasteiger partial charge in [0.15, 0.2) is 0 Å². The van der Waals surface area contributed by atoms with Crippen LogP contribution in [-0.4, -0.2) is 61.4 Å². The average molecular weight is 273 g/mol. The van der Waals surface area contributed by atoms with Gasteiger partial charge in [-0.25, -0.2) is 4.79 Å². The summed E-state index contributed by atoms with van der Waals surface area (Å²) >= 11 is 0. The molecule has 7 nitrogen and oxygen atoms in total. The van der Waals surface area contributed by atoms with Gasteiger partial charge in [-0.1, -0.05) is 0 Å². The number of likely N-dealkylation sites (tertiary alicyclic amines) is 1. The molecule has 0 aromatic rings. The number of hydrogen-bond acceptors (Lipinski definition) is 5. The predicted molar refractivity (Wildman–Crippen MR) is 69.6 cm³/mol. The first-order valence-electron chi connectivity index (χ1n) is 6.35. The Morgan fingerprint density at radius 2 is 2.00 bits per heavy atom. The second-order valence-corrected chi connectivity index (χ2v) is 5.56. The number of hydrogen-bond donors (Lipinski definition) is 2. The predicted octanol–water partition coefficient (Wildman–Crippen LogP) is -0.303. The number of carbonyl (C=O) groups is 2. The van der Waals surface area contributed by atoms with Crippen molar-refractivity contribution in [3.8, 4) is 0 Å². The molecular weight excluding hydrogens is 250 g/mol. The minimum atomic E-state index is -0.472. The molecule has 3 N–H and O–H groups in total. The van der Waals surface area contributed by atoms with Gasteiger partial charge in [0, 0.05) is 25.7 Å². The van der Waals surface area contributed by atoms with E-state index in [1.165, 1.54) is 0 Å². The molecule has 1 saturated heterocycles. The molecule has 0 aliphatic carbocycles. The van der Waals surface area contributed by atoms with Crippen molar-refractivity contribution in [2.24, 2.45) is 5.73 Å². The van der Waals surface area contributed by atoms with Crippen molar-refractivity contribution in [1.29, 1.82) is 0 Å². The Bertz CT molecular complexity index is 321. The van der Waals surface area contributed by atoms with E-state index < -0.39 is 11.5 Å². The number of primary amides is 1. The first-order valence-corrected chi connectivity index (χ1v) is 6.35. The molecule has 0 saturated carbocycles. The van der Waals surface area contributed by atoms with Crippen LogP contribution in [0.1, 0.15) is 20.8 Å². The zero-order valence-electron chi connectivity index (χ0n) is 11.8. The lowest BCUT2D eigenvalue weighted by atomic mass is 10.1. The Balaban J connectivity index is 2.04. The summed E-state index contributed by atoms with van der Waals surface area (Å²) in [6.07, 6.45) is -0.282. The van der Waals surface area contributed by atoms with Gasteiger partial charge in [-0.15, -0.1) is 0 Å². The maximum atomic E-state index is 11.6. The van der Waals surface area contributed by atoms with Gasteiger partial charge in [0.1, 0.15) is 12.2 Å². The molecule has 7 heteroatoms. The van der Waals surface area contributed by atoms with Crippen molar-refractivity contribution in [1.82, 2.24) is 10.2 Å². The minimum absolute atomic E-state index is 0.0591. The van der Waals surface area contributed by atoms with Crippen LogP contribution in [0.5, 0.6) is 0 Å². The van der Waals surface area contributed by atoms with Gasteiger partial charge in [0.2, 0.25) is 5.91 Å². The number of nitrogens with zero attached hydrogens (tertiary/aromatic N) is 1. The van der Waals surface area contributed by atoms with Crippen molar-refractivity contribution < 1.29 is 19.1 Å². The second-order valence-electron chi connectivity index (χ2n) is 5.56. The summed E-state index contributed by atoms with van der Waals surface area (Å²) in [6.45, 7) is 7.78. The SMILES string of the molecule is CC(C)(C)OC(=O)N1CC(NCCOCC(N)=O)C1. The fourth-order valence-corrected chi connectivity index (χ4v) is 1.59. The Morgan fingerprint density at radius 3 is 2.53 bits per heavy atom. The Hall–Kier alpha value is -1.34. The lowest BCUT2D eigenvalue weighted by Crippen LogP contribution is -2.60. The molecule has 2 amide bonds. The summed E-state index contributed by atoms with van der Waals surface area (Å²) in [6, 6.07) is 0.254. The summed E-state index contributed by atoms with van der Waals surface area (Å²) < 4.78 is 10.3. The molecule has 0 radical (unpaired) electrons. The first kappa shape index (κ1) is 15.7. The van der Waals surface area contributed by atoms with Crippen LogP contribution < -0.4 is 11.1 Å². The van der Waals surface area contributed by atoms with Gasteiger partial charge in [-0.2, -0.15) is 0 Å². The van der Waals surface area contributed by atoms with E-state index >= 15 is 0 Å². The van der Waals surface area contributed by atoms with Gasteiger partial charge in [0.05, 0.1) is 6.61 Å². The maximum absolute atomic E-state index is 11.6. The Morgan fingerprint density at radius 1 is 1.37 bits per heavy atom. The van der Waals surface area contributed by atoms with Crippen molar-refractivity contribution in [2.75, 3.05) is 32.8 Å². The smallest absolute Gasteiger partial charge is 0.410 e. The van der Waals surface area contributed by atoms with Crippen molar-refractivity contribution in [2.45, 2.75) is 32.4 Å². The number of rotatable bonds is 6. The van der Waals surface area contributed by atoms with Crippen LogP contribution in [0.15, 0.2) is 0 Å². The zero-order chi connectivity index (χ0) is 14.5. The van der Waals surface area contributed by atoms with E-state index in [9.17, 15) is 9.59 Å². The Kier molecular flexibility index (Phi) is 5.56. The molecule has 1 heterocycles. The lowest BCUT2D eigenvalue weighted by Gasteiger charge is -2.40. The first-order chi connectivity index (χ1) is 8.78. The Labute approximate surface area is 113 Å². The van der Waals surface area contributed by atoms with E-state index in [-0.39, 0.29) is 18.7 Å². The highest BCUT2D eigenvalue weighted by molar-refractivity contribution is 5.74. The van der Waals surface area contributed by atoms with Crippen LogP contribution >= 0.6 is 0 Å². The second kappa shape index (κ2) is 6.72. The van der Waals surface area contributed by atoms with Crippen LogP contribution in [0.3, 0.4) is 0 Å². The summed E-state index contributed by atoms with van der Waals surface area (Å²) in [7, 11) is 0. The fourth-order valence-electron chi connectivity index (χ4n) is 1.59. The monoisotopic (exact) mass is 273 g/mol. The molecule has 1 fully saturated rings. The van der Waals surface area contributed by atoms with Gasteiger partial charge in [-0.3, -0.25) is 4.79 Å². The molecule has 0 spiro atoms. The molecule has 1 rings (SSSR count). The highest BCUT2D eigenvalue weighted by Gasteiger charge is 2.33. The summed E-state index contributed by atoms with van der Waals surface area (Å²) in [4.78, 5) is 23.7. The highest BCUT2D eigenvalue weighted by Crippen LogP contribution is 2.14. The van der Waals surface area contributed by atoms with Crippen LogP contribution in [0.25, 0.3) is 0 Å². The van der Waals surface area contributed by atoms with Gasteiger partial charge < -0.3 is 25.4 Å². The molecule has 0 aromatic heterocycles. The van der Waals surface area contributed by atoms with E-state index in [2.05, 4.69) is 5.32 Å². The number of carbonyl (C=O) groups excluding carboxylic acids is 2. The summed E-state index contributed by atoms with van der Waals surface area (Å²) in [5.74, 6) is -0.472. The maximum Gasteiger partial charge on any atom is 0.410 e.